The number of ether oxygens (including phenoxy) is 2. The number of nitrogens with zero attached hydrogens (tertiary/aromatic N) is 1. The van der Waals surface area contributed by atoms with Gasteiger partial charge in [-0.2, -0.15) is 0 Å². The molecule has 0 aliphatic carbocycles. The summed E-state index contributed by atoms with van der Waals surface area (Å²) in [5, 5.41) is 3.30. The summed E-state index contributed by atoms with van der Waals surface area (Å²) in [6.07, 6.45) is -0.692. The van der Waals surface area contributed by atoms with E-state index in [1.54, 1.807) is 69.6 Å². The van der Waals surface area contributed by atoms with Gasteiger partial charge >= 0.3 is 0 Å². The van der Waals surface area contributed by atoms with Gasteiger partial charge in [-0.05, 0) is 49.4 Å². The first-order chi connectivity index (χ1) is 12.3. The predicted octanol–water partition coefficient (Wildman–Crippen LogP) is 3.21. The van der Waals surface area contributed by atoms with Gasteiger partial charge in [-0.1, -0.05) is 17.7 Å². The third-order valence-electron chi connectivity index (χ3n) is 3.46. The molecule has 1 N–H and O–H groups in total. The fraction of sp³-hybridized carbons (Fsp3) is 0.263. The number of halogens is 1. The molecule has 0 saturated carbocycles. The summed E-state index contributed by atoms with van der Waals surface area (Å²) in [5.74, 6) is 0.645. The zero-order valence-electron chi connectivity index (χ0n) is 14.9. The van der Waals surface area contributed by atoms with Crippen LogP contribution in [-0.4, -0.2) is 43.5 Å². The molecule has 7 heteroatoms. The molecule has 0 heterocycles. The second kappa shape index (κ2) is 9.10. The van der Waals surface area contributed by atoms with E-state index in [0.717, 1.165) is 0 Å². The highest BCUT2D eigenvalue weighted by Gasteiger charge is 2.15. The van der Waals surface area contributed by atoms with Gasteiger partial charge in [0.2, 0.25) is 0 Å². The van der Waals surface area contributed by atoms with Crippen molar-refractivity contribution in [3.8, 4) is 11.5 Å². The Bertz CT molecular complexity index is 762. The van der Waals surface area contributed by atoms with E-state index in [1.807, 2.05) is 0 Å². The van der Waals surface area contributed by atoms with Gasteiger partial charge < -0.3 is 19.7 Å². The van der Waals surface area contributed by atoms with Crippen molar-refractivity contribution in [2.45, 2.75) is 13.0 Å². The van der Waals surface area contributed by atoms with E-state index in [4.69, 9.17) is 21.1 Å². The van der Waals surface area contributed by atoms with Crippen molar-refractivity contribution in [2.75, 3.05) is 26.0 Å². The third-order valence-corrected chi connectivity index (χ3v) is 3.70. The maximum absolute atomic E-state index is 12.2. The van der Waals surface area contributed by atoms with Gasteiger partial charge in [0.15, 0.2) is 12.7 Å². The second-order valence-electron chi connectivity index (χ2n) is 5.81. The second-order valence-corrected chi connectivity index (χ2v) is 6.24. The van der Waals surface area contributed by atoms with E-state index in [1.165, 1.54) is 4.90 Å². The van der Waals surface area contributed by atoms with Crippen molar-refractivity contribution in [1.29, 1.82) is 0 Å². The molecule has 138 valence electrons. The molecule has 2 amide bonds. The molecule has 0 aliphatic rings. The van der Waals surface area contributed by atoms with E-state index < -0.39 is 6.10 Å². The number of benzene rings is 2. The Morgan fingerprint density at radius 3 is 2.42 bits per heavy atom. The molecule has 6 nitrogen and oxygen atoms in total. The standard InChI is InChI=1S/C19H21ClN2O4/c1-13(26-17-6-4-5-14(20)11-17)19(24)21-15-7-9-16(10-8-15)25-12-18(23)22(2)3/h4-11,13H,12H2,1-3H3,(H,21,24). The smallest absolute Gasteiger partial charge is 0.265 e. The Morgan fingerprint density at radius 1 is 1.12 bits per heavy atom. The monoisotopic (exact) mass is 376 g/mol. The molecule has 1 unspecified atom stereocenters. The zero-order chi connectivity index (χ0) is 19.1. The molecule has 0 radical (unpaired) electrons. The number of amides is 2. The number of hydrogen-bond donors (Lipinski definition) is 1. The SMILES string of the molecule is CC(Oc1cccc(Cl)c1)C(=O)Nc1ccc(OCC(=O)N(C)C)cc1. The average molecular weight is 377 g/mol. The van der Waals surface area contributed by atoms with Gasteiger partial charge in [-0.15, -0.1) is 0 Å². The molecule has 0 saturated heterocycles. The van der Waals surface area contributed by atoms with E-state index in [-0.39, 0.29) is 18.4 Å². The van der Waals surface area contributed by atoms with Crippen LogP contribution in [0.25, 0.3) is 0 Å². The van der Waals surface area contributed by atoms with Crippen LogP contribution in [0.4, 0.5) is 5.69 Å². The minimum absolute atomic E-state index is 0.0385. The summed E-state index contributed by atoms with van der Waals surface area (Å²) >= 11 is 5.90. The van der Waals surface area contributed by atoms with Crippen molar-refractivity contribution in [1.82, 2.24) is 4.90 Å². The van der Waals surface area contributed by atoms with Gasteiger partial charge in [0, 0.05) is 24.8 Å². The lowest BCUT2D eigenvalue weighted by Gasteiger charge is -2.15. The Balaban J connectivity index is 1.87. The molecular weight excluding hydrogens is 356 g/mol. The molecule has 0 aliphatic heterocycles. The van der Waals surface area contributed by atoms with Gasteiger partial charge in [-0.25, -0.2) is 0 Å². The van der Waals surface area contributed by atoms with E-state index >= 15 is 0 Å². The first-order valence-electron chi connectivity index (χ1n) is 8.01. The highest BCUT2D eigenvalue weighted by atomic mass is 35.5. The summed E-state index contributed by atoms with van der Waals surface area (Å²) in [7, 11) is 3.33. The van der Waals surface area contributed by atoms with Crippen LogP contribution in [0.5, 0.6) is 11.5 Å². The summed E-state index contributed by atoms with van der Waals surface area (Å²) in [6.45, 7) is 1.61. The summed E-state index contributed by atoms with van der Waals surface area (Å²) in [4.78, 5) is 25.2. The first-order valence-corrected chi connectivity index (χ1v) is 8.39. The van der Waals surface area contributed by atoms with Crippen LogP contribution < -0.4 is 14.8 Å². The lowest BCUT2D eigenvalue weighted by atomic mass is 10.2. The number of anilines is 1. The molecule has 1 atom stereocenters. The van der Waals surface area contributed by atoms with E-state index in [9.17, 15) is 9.59 Å². The number of likely N-dealkylation sites (N-methyl/N-ethyl adjacent to an activating group) is 1. The van der Waals surface area contributed by atoms with Crippen LogP contribution in [0.3, 0.4) is 0 Å². The maximum Gasteiger partial charge on any atom is 0.265 e. The Kier molecular flexibility index (Phi) is 6.86. The Hall–Kier alpha value is -2.73. The van der Waals surface area contributed by atoms with Gasteiger partial charge in [-0.3, -0.25) is 9.59 Å². The van der Waals surface area contributed by atoms with E-state index in [2.05, 4.69) is 5.32 Å². The van der Waals surface area contributed by atoms with Crippen LogP contribution in [0.1, 0.15) is 6.92 Å². The normalized spacial score (nSPS) is 11.4. The molecular formula is C19H21ClN2O4. The lowest BCUT2D eigenvalue weighted by molar-refractivity contribution is -0.130. The fourth-order valence-corrected chi connectivity index (χ4v) is 2.13. The van der Waals surface area contributed by atoms with Crippen molar-refractivity contribution in [3.05, 3.63) is 53.6 Å². The molecule has 2 rings (SSSR count). The van der Waals surface area contributed by atoms with Crippen molar-refractivity contribution < 1.29 is 19.1 Å². The summed E-state index contributed by atoms with van der Waals surface area (Å²) < 4.78 is 11.0. The zero-order valence-corrected chi connectivity index (χ0v) is 15.6. The summed E-state index contributed by atoms with van der Waals surface area (Å²) in [6, 6.07) is 13.6. The topological polar surface area (TPSA) is 67.9 Å². The molecule has 0 fully saturated rings. The molecule has 26 heavy (non-hydrogen) atoms. The number of hydrogen-bond acceptors (Lipinski definition) is 4. The van der Waals surface area contributed by atoms with Crippen molar-refractivity contribution in [2.24, 2.45) is 0 Å². The largest absolute Gasteiger partial charge is 0.484 e. The number of nitrogens with one attached hydrogen (secondary N) is 1. The molecule has 2 aromatic rings. The van der Waals surface area contributed by atoms with Gasteiger partial charge in [0.25, 0.3) is 11.8 Å². The third kappa shape index (κ3) is 5.97. The van der Waals surface area contributed by atoms with Crippen LogP contribution >= 0.6 is 11.6 Å². The van der Waals surface area contributed by atoms with Crippen LogP contribution in [0.15, 0.2) is 48.5 Å². The minimum atomic E-state index is -0.692. The number of carbonyl (C=O) groups excluding carboxylic acids is 2. The Labute approximate surface area is 157 Å². The van der Waals surface area contributed by atoms with Crippen LogP contribution in [-0.2, 0) is 9.59 Å². The summed E-state index contributed by atoms with van der Waals surface area (Å²) in [5.41, 5.74) is 0.600. The fourth-order valence-electron chi connectivity index (χ4n) is 1.95. The average Bonchev–Trinajstić information content (AvgIpc) is 2.60. The Morgan fingerprint density at radius 2 is 1.81 bits per heavy atom. The molecule has 0 aromatic heterocycles. The van der Waals surface area contributed by atoms with Crippen LogP contribution in [0, 0.1) is 0 Å². The number of carbonyl (C=O) groups is 2. The maximum atomic E-state index is 12.2. The number of rotatable bonds is 7. The quantitative estimate of drug-likeness (QED) is 0.805. The van der Waals surface area contributed by atoms with Crippen molar-refractivity contribution >= 4 is 29.1 Å². The van der Waals surface area contributed by atoms with Crippen molar-refractivity contribution in [3.63, 3.8) is 0 Å². The van der Waals surface area contributed by atoms with Gasteiger partial charge in [0.05, 0.1) is 0 Å². The minimum Gasteiger partial charge on any atom is -0.484 e. The van der Waals surface area contributed by atoms with Crippen LogP contribution in [0.2, 0.25) is 5.02 Å². The lowest BCUT2D eigenvalue weighted by Crippen LogP contribution is -2.30. The molecule has 0 spiro atoms. The molecule has 2 aromatic carbocycles. The molecule has 0 bridgehead atoms. The highest BCUT2D eigenvalue weighted by molar-refractivity contribution is 6.30. The highest BCUT2D eigenvalue weighted by Crippen LogP contribution is 2.19. The van der Waals surface area contributed by atoms with Gasteiger partial charge in [0.1, 0.15) is 11.5 Å². The van der Waals surface area contributed by atoms with E-state index in [0.29, 0.717) is 22.2 Å². The predicted molar refractivity (Wildman–Crippen MR) is 101 cm³/mol. The first kappa shape index (κ1) is 19.6.